The molecule has 122 valence electrons. The van der Waals surface area contributed by atoms with Crippen molar-refractivity contribution < 1.29 is 13.9 Å². The van der Waals surface area contributed by atoms with Crippen LogP contribution >= 0.6 is 0 Å². The zero-order valence-corrected chi connectivity index (χ0v) is 13.5. The second-order valence-electron chi connectivity index (χ2n) is 5.68. The number of esters is 1. The largest absolute Gasteiger partial charge is 0.465 e. The highest BCUT2D eigenvalue weighted by molar-refractivity contribution is 6.07. The van der Waals surface area contributed by atoms with E-state index in [2.05, 4.69) is 0 Å². The molecule has 4 rings (SSSR count). The Balaban J connectivity index is 2.09. The molecule has 3 aromatic carbocycles. The van der Waals surface area contributed by atoms with E-state index in [0.717, 1.165) is 10.8 Å². The molecule has 0 aliphatic heterocycles. The van der Waals surface area contributed by atoms with E-state index in [1.54, 1.807) is 30.3 Å². The standard InChI is InChI=1S/C21H14O4/c1-24-21(23)16-9-5-4-8-15(16)17-12-25-18-11-10-13-6-2-3-7-14(13)19(18)20(17)22/h2-12H,1H3. The van der Waals surface area contributed by atoms with Crippen LogP contribution in [0.3, 0.4) is 0 Å². The van der Waals surface area contributed by atoms with Crippen LogP contribution in [0.2, 0.25) is 0 Å². The van der Waals surface area contributed by atoms with Crippen molar-refractivity contribution in [1.29, 1.82) is 0 Å². The zero-order chi connectivity index (χ0) is 17.4. The minimum atomic E-state index is -0.493. The molecular weight excluding hydrogens is 316 g/mol. The van der Waals surface area contributed by atoms with Crippen molar-refractivity contribution in [3.63, 3.8) is 0 Å². The van der Waals surface area contributed by atoms with E-state index in [0.29, 0.717) is 27.7 Å². The molecule has 25 heavy (non-hydrogen) atoms. The molecular formula is C21H14O4. The van der Waals surface area contributed by atoms with Crippen LogP contribution in [0.15, 0.2) is 76.1 Å². The summed E-state index contributed by atoms with van der Waals surface area (Å²) in [5.41, 5.74) is 1.51. The second kappa shape index (κ2) is 5.91. The number of hydrogen-bond donors (Lipinski definition) is 0. The van der Waals surface area contributed by atoms with Crippen LogP contribution < -0.4 is 5.43 Å². The SMILES string of the molecule is COC(=O)c1ccccc1-c1coc2ccc3ccccc3c2c1=O. The van der Waals surface area contributed by atoms with Crippen molar-refractivity contribution in [1.82, 2.24) is 0 Å². The lowest BCUT2D eigenvalue weighted by molar-refractivity contribution is 0.0601. The highest BCUT2D eigenvalue weighted by Crippen LogP contribution is 2.27. The first kappa shape index (κ1) is 15.1. The molecule has 1 heterocycles. The van der Waals surface area contributed by atoms with Gasteiger partial charge < -0.3 is 9.15 Å². The Morgan fingerprint density at radius 2 is 1.68 bits per heavy atom. The lowest BCUT2D eigenvalue weighted by atomic mass is 9.98. The van der Waals surface area contributed by atoms with Crippen LogP contribution in [0.1, 0.15) is 10.4 Å². The number of carbonyl (C=O) groups excluding carboxylic acids is 1. The zero-order valence-electron chi connectivity index (χ0n) is 13.5. The summed E-state index contributed by atoms with van der Waals surface area (Å²) in [7, 11) is 1.31. The normalized spacial score (nSPS) is 10.9. The van der Waals surface area contributed by atoms with Gasteiger partial charge >= 0.3 is 5.97 Å². The predicted octanol–water partition coefficient (Wildman–Crippen LogP) is 4.40. The Bertz CT molecular complexity index is 1170. The fourth-order valence-electron chi connectivity index (χ4n) is 3.09. The second-order valence-corrected chi connectivity index (χ2v) is 5.68. The van der Waals surface area contributed by atoms with E-state index in [-0.39, 0.29) is 5.43 Å². The molecule has 1 aromatic heterocycles. The number of methoxy groups -OCH3 is 1. The first-order valence-electron chi connectivity index (χ1n) is 7.81. The fraction of sp³-hybridized carbons (Fsp3) is 0.0476. The number of ether oxygens (including phenoxy) is 1. The topological polar surface area (TPSA) is 56.5 Å². The van der Waals surface area contributed by atoms with E-state index >= 15 is 0 Å². The summed E-state index contributed by atoms with van der Waals surface area (Å²) >= 11 is 0. The Morgan fingerprint density at radius 1 is 0.920 bits per heavy atom. The van der Waals surface area contributed by atoms with Crippen LogP contribution in [-0.2, 0) is 4.74 Å². The Kier molecular flexibility index (Phi) is 3.58. The van der Waals surface area contributed by atoms with Crippen molar-refractivity contribution in [2.75, 3.05) is 7.11 Å². The van der Waals surface area contributed by atoms with Gasteiger partial charge in [0.05, 0.1) is 23.6 Å². The summed E-state index contributed by atoms with van der Waals surface area (Å²) in [5, 5.41) is 2.29. The minimum absolute atomic E-state index is 0.172. The molecule has 4 aromatic rings. The van der Waals surface area contributed by atoms with Gasteiger partial charge in [-0.25, -0.2) is 4.79 Å². The maximum Gasteiger partial charge on any atom is 0.338 e. The van der Waals surface area contributed by atoms with Gasteiger partial charge in [-0.05, 0) is 22.9 Å². The highest BCUT2D eigenvalue weighted by Gasteiger charge is 2.17. The molecule has 0 bridgehead atoms. The minimum Gasteiger partial charge on any atom is -0.465 e. The molecule has 0 spiro atoms. The smallest absolute Gasteiger partial charge is 0.338 e. The molecule has 0 N–H and O–H groups in total. The van der Waals surface area contributed by atoms with Gasteiger partial charge in [0.2, 0.25) is 5.43 Å². The molecule has 0 saturated heterocycles. The monoisotopic (exact) mass is 330 g/mol. The molecule has 0 fully saturated rings. The number of rotatable bonds is 2. The molecule has 4 heteroatoms. The predicted molar refractivity (Wildman–Crippen MR) is 96.8 cm³/mol. The third-order valence-corrected chi connectivity index (χ3v) is 4.29. The van der Waals surface area contributed by atoms with E-state index in [1.165, 1.54) is 13.4 Å². The summed E-state index contributed by atoms with van der Waals surface area (Å²) in [6.07, 6.45) is 1.40. The molecule has 0 aliphatic rings. The van der Waals surface area contributed by atoms with Gasteiger partial charge in [-0.15, -0.1) is 0 Å². The first-order valence-corrected chi connectivity index (χ1v) is 7.81. The Morgan fingerprint density at radius 3 is 2.52 bits per heavy atom. The van der Waals surface area contributed by atoms with E-state index in [9.17, 15) is 9.59 Å². The van der Waals surface area contributed by atoms with Crippen LogP contribution in [0.4, 0.5) is 0 Å². The van der Waals surface area contributed by atoms with Crippen LogP contribution in [0, 0.1) is 0 Å². The first-order chi connectivity index (χ1) is 12.2. The number of fused-ring (bicyclic) bond motifs is 3. The maximum absolute atomic E-state index is 13.2. The van der Waals surface area contributed by atoms with Crippen LogP contribution in [0.5, 0.6) is 0 Å². The van der Waals surface area contributed by atoms with Gasteiger partial charge in [-0.1, -0.05) is 48.5 Å². The van der Waals surface area contributed by atoms with E-state index in [4.69, 9.17) is 9.15 Å². The molecule has 0 aliphatic carbocycles. The summed E-state index contributed by atoms with van der Waals surface area (Å²) in [6, 6.07) is 18.2. The summed E-state index contributed by atoms with van der Waals surface area (Å²) < 4.78 is 10.5. The quantitative estimate of drug-likeness (QED) is 0.404. The van der Waals surface area contributed by atoms with Crippen molar-refractivity contribution in [3.8, 4) is 11.1 Å². The number of hydrogen-bond acceptors (Lipinski definition) is 4. The average Bonchev–Trinajstić information content (AvgIpc) is 2.67. The molecule has 0 saturated carbocycles. The average molecular weight is 330 g/mol. The summed E-state index contributed by atoms with van der Waals surface area (Å²) in [6.45, 7) is 0. The van der Waals surface area contributed by atoms with E-state index < -0.39 is 5.97 Å². The number of carbonyl (C=O) groups is 1. The van der Waals surface area contributed by atoms with Crippen molar-refractivity contribution in [2.45, 2.75) is 0 Å². The van der Waals surface area contributed by atoms with Crippen LogP contribution in [0.25, 0.3) is 32.9 Å². The molecule has 0 radical (unpaired) electrons. The molecule has 4 nitrogen and oxygen atoms in total. The summed E-state index contributed by atoms with van der Waals surface area (Å²) in [5.74, 6) is -0.493. The van der Waals surface area contributed by atoms with Gasteiger partial charge in [0.25, 0.3) is 0 Å². The third kappa shape index (κ3) is 2.39. The van der Waals surface area contributed by atoms with Gasteiger partial charge in [0.15, 0.2) is 0 Å². The van der Waals surface area contributed by atoms with Crippen LogP contribution in [-0.4, -0.2) is 13.1 Å². The third-order valence-electron chi connectivity index (χ3n) is 4.29. The Hall–Kier alpha value is -3.40. The summed E-state index contributed by atoms with van der Waals surface area (Å²) in [4.78, 5) is 25.2. The fourth-order valence-corrected chi connectivity index (χ4v) is 3.09. The maximum atomic E-state index is 13.2. The lowest BCUT2D eigenvalue weighted by Gasteiger charge is -2.09. The van der Waals surface area contributed by atoms with Gasteiger partial charge in [0.1, 0.15) is 11.8 Å². The van der Waals surface area contributed by atoms with E-state index in [1.807, 2.05) is 30.3 Å². The molecule has 0 amide bonds. The van der Waals surface area contributed by atoms with Crippen molar-refractivity contribution in [3.05, 3.63) is 82.7 Å². The lowest BCUT2D eigenvalue weighted by Crippen LogP contribution is -2.10. The highest BCUT2D eigenvalue weighted by atomic mass is 16.5. The Labute approximate surface area is 143 Å². The van der Waals surface area contributed by atoms with Gasteiger partial charge in [-0.3, -0.25) is 4.79 Å². The van der Waals surface area contributed by atoms with Gasteiger partial charge in [0, 0.05) is 5.56 Å². The number of benzene rings is 3. The molecule has 0 unspecified atom stereocenters. The molecule has 0 atom stereocenters. The van der Waals surface area contributed by atoms with Gasteiger partial charge in [-0.2, -0.15) is 0 Å². The van der Waals surface area contributed by atoms with Crippen molar-refractivity contribution >= 4 is 27.7 Å². The van der Waals surface area contributed by atoms with Crippen molar-refractivity contribution in [2.24, 2.45) is 0 Å².